The number of esters is 1. The molecule has 3 N–H and O–H groups in total. The number of para-hydroxylation sites is 1. The number of nitrogens with zero attached hydrogens (tertiary/aromatic N) is 2. The van der Waals surface area contributed by atoms with Crippen molar-refractivity contribution in [1.82, 2.24) is 20.2 Å². The Morgan fingerprint density at radius 3 is 2.55 bits per heavy atom. The molecule has 0 fully saturated rings. The summed E-state index contributed by atoms with van der Waals surface area (Å²) in [6.07, 6.45) is 1.35. The second kappa shape index (κ2) is 7.15. The van der Waals surface area contributed by atoms with Crippen LogP contribution in [0.15, 0.2) is 42.6 Å². The second-order valence-electron chi connectivity index (χ2n) is 5.98. The number of aromatic amines is 2. The minimum absolute atomic E-state index is 0.149. The molecule has 4 rings (SSSR count). The highest BCUT2D eigenvalue weighted by Crippen LogP contribution is 2.27. The zero-order chi connectivity index (χ0) is 20.5. The molecule has 2 aromatic heterocycles. The van der Waals surface area contributed by atoms with Crippen LogP contribution in [0.1, 0.15) is 20.7 Å². The van der Waals surface area contributed by atoms with Gasteiger partial charge in [-0.05, 0) is 24.3 Å². The third-order valence-corrected chi connectivity index (χ3v) is 4.22. The molecule has 0 spiro atoms. The van der Waals surface area contributed by atoms with Gasteiger partial charge in [-0.1, -0.05) is 12.1 Å². The molecular formula is C19H13F2N5O3. The summed E-state index contributed by atoms with van der Waals surface area (Å²) in [6, 6.07) is 8.07. The molecule has 2 aromatic carbocycles. The van der Waals surface area contributed by atoms with Crippen molar-refractivity contribution in [1.29, 1.82) is 0 Å². The number of halogens is 2. The first-order valence-corrected chi connectivity index (χ1v) is 8.36. The van der Waals surface area contributed by atoms with E-state index in [0.29, 0.717) is 11.0 Å². The van der Waals surface area contributed by atoms with E-state index in [4.69, 9.17) is 4.74 Å². The van der Waals surface area contributed by atoms with Crippen LogP contribution < -0.4 is 5.32 Å². The molecule has 0 atom stereocenters. The number of nitrogens with one attached hydrogen (secondary N) is 3. The Hall–Kier alpha value is -4.08. The van der Waals surface area contributed by atoms with Crippen molar-refractivity contribution in [3.05, 3.63) is 65.4 Å². The van der Waals surface area contributed by atoms with Crippen molar-refractivity contribution in [3.63, 3.8) is 0 Å². The highest BCUT2D eigenvalue weighted by atomic mass is 19.1. The lowest BCUT2D eigenvalue weighted by molar-refractivity contribution is 0.0602. The Morgan fingerprint density at radius 1 is 1.10 bits per heavy atom. The minimum atomic E-state index is -0.987. The van der Waals surface area contributed by atoms with Gasteiger partial charge < -0.3 is 15.0 Å². The van der Waals surface area contributed by atoms with Gasteiger partial charge >= 0.3 is 5.97 Å². The molecule has 4 aromatic rings. The van der Waals surface area contributed by atoms with Gasteiger partial charge in [0.25, 0.3) is 5.91 Å². The SMILES string of the molecule is COC(=O)c1cccc2[nH]c(-c3n[nH]cc3NC(=O)c3c(F)cccc3F)nc12. The van der Waals surface area contributed by atoms with Crippen LogP contribution in [0, 0.1) is 11.6 Å². The van der Waals surface area contributed by atoms with Crippen LogP contribution in [0.2, 0.25) is 0 Å². The summed E-state index contributed by atoms with van der Waals surface area (Å²) in [7, 11) is 1.26. The number of carbonyl (C=O) groups excluding carboxylic acids is 2. The van der Waals surface area contributed by atoms with Crippen LogP contribution in [0.4, 0.5) is 14.5 Å². The number of benzene rings is 2. The first-order chi connectivity index (χ1) is 14.0. The fourth-order valence-electron chi connectivity index (χ4n) is 2.88. The van der Waals surface area contributed by atoms with Crippen molar-refractivity contribution in [2.75, 3.05) is 12.4 Å². The van der Waals surface area contributed by atoms with Gasteiger partial charge in [-0.2, -0.15) is 5.10 Å². The molecule has 0 aliphatic heterocycles. The number of fused-ring (bicyclic) bond motifs is 1. The fraction of sp³-hybridized carbons (Fsp3) is 0.0526. The van der Waals surface area contributed by atoms with E-state index >= 15 is 0 Å². The summed E-state index contributed by atoms with van der Waals surface area (Å²) in [4.78, 5) is 31.7. The fourth-order valence-corrected chi connectivity index (χ4v) is 2.88. The van der Waals surface area contributed by atoms with Crippen LogP contribution in [-0.2, 0) is 4.74 Å². The summed E-state index contributed by atoms with van der Waals surface area (Å²) < 4.78 is 32.5. The minimum Gasteiger partial charge on any atom is -0.465 e. The van der Waals surface area contributed by atoms with Crippen LogP contribution in [0.25, 0.3) is 22.6 Å². The van der Waals surface area contributed by atoms with Gasteiger partial charge in [0.2, 0.25) is 0 Å². The van der Waals surface area contributed by atoms with Crippen LogP contribution in [0.3, 0.4) is 0 Å². The Labute approximate surface area is 161 Å². The third-order valence-electron chi connectivity index (χ3n) is 4.22. The first kappa shape index (κ1) is 18.3. The zero-order valence-corrected chi connectivity index (χ0v) is 14.9. The predicted octanol–water partition coefficient (Wildman–Crippen LogP) is 3.27. The molecule has 146 valence electrons. The molecule has 0 saturated heterocycles. The first-order valence-electron chi connectivity index (χ1n) is 8.36. The maximum absolute atomic E-state index is 13.9. The van der Waals surface area contributed by atoms with E-state index in [2.05, 4.69) is 25.5 Å². The lowest BCUT2D eigenvalue weighted by Crippen LogP contribution is -2.16. The van der Waals surface area contributed by atoms with Crippen molar-refractivity contribution in [2.24, 2.45) is 0 Å². The zero-order valence-electron chi connectivity index (χ0n) is 14.9. The van der Waals surface area contributed by atoms with E-state index in [1.54, 1.807) is 18.2 Å². The molecule has 8 nitrogen and oxygen atoms in total. The van der Waals surface area contributed by atoms with Gasteiger partial charge in [0.1, 0.15) is 22.7 Å². The number of hydrogen-bond donors (Lipinski definition) is 3. The number of carbonyl (C=O) groups is 2. The molecule has 29 heavy (non-hydrogen) atoms. The Kier molecular flexibility index (Phi) is 4.51. The van der Waals surface area contributed by atoms with Gasteiger partial charge in [0.15, 0.2) is 11.5 Å². The highest BCUT2D eigenvalue weighted by Gasteiger charge is 2.21. The molecule has 0 saturated carbocycles. The van der Waals surface area contributed by atoms with Crippen LogP contribution in [-0.4, -0.2) is 39.2 Å². The van der Waals surface area contributed by atoms with Crippen molar-refractivity contribution in [3.8, 4) is 11.5 Å². The smallest absolute Gasteiger partial charge is 0.340 e. The van der Waals surface area contributed by atoms with Gasteiger partial charge in [0.05, 0.1) is 23.9 Å². The molecular weight excluding hydrogens is 384 g/mol. The van der Waals surface area contributed by atoms with Gasteiger partial charge in [0, 0.05) is 6.20 Å². The second-order valence-corrected chi connectivity index (χ2v) is 5.98. The molecule has 0 bridgehead atoms. The largest absolute Gasteiger partial charge is 0.465 e. The van der Waals surface area contributed by atoms with Gasteiger partial charge in [-0.15, -0.1) is 0 Å². The number of anilines is 1. The van der Waals surface area contributed by atoms with Crippen LogP contribution >= 0.6 is 0 Å². The number of aromatic nitrogens is 4. The summed E-state index contributed by atoms with van der Waals surface area (Å²) >= 11 is 0. The lowest BCUT2D eigenvalue weighted by atomic mass is 10.2. The van der Waals surface area contributed by atoms with Crippen molar-refractivity contribution < 1.29 is 23.1 Å². The Bertz CT molecular complexity index is 1230. The average molecular weight is 397 g/mol. The number of H-pyrrole nitrogens is 2. The normalized spacial score (nSPS) is 10.9. The van der Waals surface area contributed by atoms with E-state index in [9.17, 15) is 18.4 Å². The average Bonchev–Trinajstić information content (AvgIpc) is 3.33. The molecule has 0 unspecified atom stereocenters. The van der Waals surface area contributed by atoms with E-state index < -0.39 is 29.1 Å². The maximum atomic E-state index is 13.9. The summed E-state index contributed by atoms with van der Waals surface area (Å²) in [5.74, 6) is -3.27. The highest BCUT2D eigenvalue weighted by molar-refractivity contribution is 6.06. The standard InChI is InChI=1S/C19H13F2N5O3/c1-29-19(28)9-4-2-7-12-15(9)25-17(23-12)16-13(8-22-26-16)24-18(27)14-10(20)5-3-6-11(14)21/h2-8H,1H3,(H,22,26)(H,23,25)(H,24,27). The number of rotatable bonds is 4. The third kappa shape index (κ3) is 3.20. The Balaban J connectivity index is 1.72. The summed E-state index contributed by atoms with van der Waals surface area (Å²) in [5.41, 5.74) is 0.788. The predicted molar refractivity (Wildman–Crippen MR) is 99.3 cm³/mol. The molecule has 0 radical (unpaired) electrons. The number of hydrogen-bond acceptors (Lipinski definition) is 5. The Morgan fingerprint density at radius 2 is 1.83 bits per heavy atom. The van der Waals surface area contributed by atoms with E-state index in [1.807, 2.05) is 0 Å². The summed E-state index contributed by atoms with van der Waals surface area (Å²) in [6.45, 7) is 0. The van der Waals surface area contributed by atoms with Crippen LogP contribution in [0.5, 0.6) is 0 Å². The number of amides is 1. The topological polar surface area (TPSA) is 113 Å². The number of ether oxygens (including phenoxy) is 1. The molecule has 0 aliphatic rings. The maximum Gasteiger partial charge on any atom is 0.340 e. The van der Waals surface area contributed by atoms with E-state index in [-0.39, 0.29) is 22.8 Å². The molecule has 0 aliphatic carbocycles. The quantitative estimate of drug-likeness (QED) is 0.458. The van der Waals surface area contributed by atoms with E-state index in [1.165, 1.54) is 13.3 Å². The van der Waals surface area contributed by atoms with Crippen molar-refractivity contribution in [2.45, 2.75) is 0 Å². The van der Waals surface area contributed by atoms with Crippen molar-refractivity contribution >= 4 is 28.6 Å². The number of imidazole rings is 1. The molecule has 10 heteroatoms. The van der Waals surface area contributed by atoms with Gasteiger partial charge in [-0.25, -0.2) is 18.6 Å². The lowest BCUT2D eigenvalue weighted by Gasteiger charge is -2.06. The molecule has 2 heterocycles. The molecule has 1 amide bonds. The number of methoxy groups -OCH3 is 1. The summed E-state index contributed by atoms with van der Waals surface area (Å²) in [5, 5.41) is 9.02. The monoisotopic (exact) mass is 397 g/mol. The van der Waals surface area contributed by atoms with Gasteiger partial charge in [-0.3, -0.25) is 9.89 Å². The van der Waals surface area contributed by atoms with E-state index in [0.717, 1.165) is 18.2 Å².